The fraction of sp³-hybridized carbons (Fsp3) is 0.419. The topological polar surface area (TPSA) is 144 Å². The van der Waals surface area contributed by atoms with Gasteiger partial charge in [0.25, 0.3) is 14.2 Å². The van der Waals surface area contributed by atoms with Gasteiger partial charge in [-0.25, -0.2) is 4.67 Å². The Labute approximate surface area is 344 Å². The van der Waals surface area contributed by atoms with Gasteiger partial charge in [-0.15, -0.1) is 0 Å². The van der Waals surface area contributed by atoms with Crippen LogP contribution in [0.1, 0.15) is 56.4 Å². The van der Waals surface area contributed by atoms with Crippen LogP contribution in [0.5, 0.6) is 11.5 Å². The average molecular weight is 838 g/mol. The summed E-state index contributed by atoms with van der Waals surface area (Å²) in [6, 6.07) is 30.8. The van der Waals surface area contributed by atoms with Crippen molar-refractivity contribution >= 4 is 14.2 Å². The first-order valence-corrected chi connectivity index (χ1v) is 20.1. The Morgan fingerprint density at radius 1 is 0.864 bits per heavy atom. The van der Waals surface area contributed by atoms with Crippen molar-refractivity contribution in [1.29, 1.82) is 5.26 Å². The van der Waals surface area contributed by atoms with Crippen molar-refractivity contribution < 1.29 is 51.2 Å². The number of benzene rings is 4. The number of alkyl halides is 2. The number of hydrogen-bond acceptors (Lipinski definition) is 12. The predicted octanol–water partition coefficient (Wildman–Crippen LogP) is 9.13. The van der Waals surface area contributed by atoms with Crippen LogP contribution in [0.25, 0.3) is 0 Å². The van der Waals surface area contributed by atoms with Crippen LogP contribution in [0.3, 0.4) is 0 Å². The largest absolute Gasteiger partial charge is 0.497 e. The van der Waals surface area contributed by atoms with E-state index in [9.17, 15) is 15.4 Å². The van der Waals surface area contributed by atoms with Crippen LogP contribution in [0.15, 0.2) is 103 Å². The van der Waals surface area contributed by atoms with E-state index < -0.39 is 56.4 Å². The maximum Gasteiger partial charge on any atom is 0.329 e. The lowest BCUT2D eigenvalue weighted by atomic mass is 9.80. The summed E-state index contributed by atoms with van der Waals surface area (Å²) in [6.45, 7) is 6.12. The fourth-order valence-corrected chi connectivity index (χ4v) is 8.79. The fourth-order valence-electron chi connectivity index (χ4n) is 7.00. The smallest absolute Gasteiger partial charge is 0.329 e. The van der Waals surface area contributed by atoms with Gasteiger partial charge in [-0.3, -0.25) is 10.1 Å². The van der Waals surface area contributed by atoms with Gasteiger partial charge >= 0.3 is 5.92 Å². The molecule has 59 heavy (non-hydrogen) atoms. The molecule has 0 aliphatic carbocycles. The molecule has 0 N–H and O–H groups in total. The van der Waals surface area contributed by atoms with Gasteiger partial charge in [0, 0.05) is 25.3 Å². The van der Waals surface area contributed by atoms with Crippen LogP contribution in [-0.2, 0) is 40.2 Å². The highest BCUT2D eigenvalue weighted by atomic mass is 31.2. The Bertz CT molecular complexity index is 1950. The van der Waals surface area contributed by atoms with E-state index >= 15 is 8.78 Å². The maximum atomic E-state index is 17.3. The minimum absolute atomic E-state index is 0.0206. The molecule has 13 nitrogen and oxygen atoms in total. The van der Waals surface area contributed by atoms with Gasteiger partial charge in [0.05, 0.1) is 50.4 Å². The third kappa shape index (κ3) is 9.89. The first kappa shape index (κ1) is 45.5. The maximum absolute atomic E-state index is 17.3. The van der Waals surface area contributed by atoms with E-state index in [2.05, 4.69) is 0 Å². The van der Waals surface area contributed by atoms with Crippen LogP contribution >= 0.6 is 8.53 Å². The molecule has 0 radical (unpaired) electrons. The number of nitrogens with zero attached hydrogens (tertiary/aromatic N) is 3. The van der Waals surface area contributed by atoms with E-state index in [4.69, 9.17) is 37.5 Å². The Kier molecular flexibility index (Phi) is 15.5. The summed E-state index contributed by atoms with van der Waals surface area (Å²) >= 11 is 0. The van der Waals surface area contributed by atoms with Gasteiger partial charge in [0.2, 0.25) is 12.1 Å². The van der Waals surface area contributed by atoms with Gasteiger partial charge in [0.15, 0.2) is 6.10 Å². The molecular formula is C43H50F2N3O10P. The number of halogens is 2. The summed E-state index contributed by atoms with van der Waals surface area (Å²) < 4.78 is 84.8. The summed E-state index contributed by atoms with van der Waals surface area (Å²) in [7, 11) is 2.00. The SMILES string of the molecule is COc1ccc(C(OC[C@]2(OC)O[C@H](OCc3ccccc3[N+](=O)[O-])C(F)(F)[C@@H]2OP(OCCC#N)N(C(C)C)C(C)C)(c2ccccc2)c2ccc(OC)cc2)cc1. The molecule has 1 fully saturated rings. The second-order valence-corrected chi connectivity index (χ2v) is 15.6. The molecule has 0 aromatic heterocycles. The molecule has 4 aromatic carbocycles. The lowest BCUT2D eigenvalue weighted by Gasteiger charge is -2.42. The van der Waals surface area contributed by atoms with Gasteiger partial charge < -0.3 is 37.5 Å². The van der Waals surface area contributed by atoms with E-state index in [1.165, 1.54) is 31.4 Å². The number of nitro groups is 1. The molecular weight excluding hydrogens is 787 g/mol. The third-order valence-corrected chi connectivity index (χ3v) is 11.9. The molecule has 1 aliphatic rings. The molecule has 1 saturated heterocycles. The standard InChI is InChI=1S/C43H50F2N3O10P/c1-30(2)47(31(3)4)59(56-27-13-26-46)58-39-41(53-7,57-40(43(39,44)45)54-28-32-14-11-12-17-38(32)48(49)50)29-55-42(33-15-9-8-10-16-33,34-18-22-36(51-5)23-19-34)35-20-24-37(52-6)25-21-35/h8-12,14-25,30-31,39-40H,13,27-29H2,1-7H3/t39-,40+,41+,59?/m1/s1. The zero-order chi connectivity index (χ0) is 42.8. The Hall–Kier alpha value is -4.62. The first-order valence-electron chi connectivity index (χ1n) is 19.0. The number of nitriles is 1. The summed E-state index contributed by atoms with van der Waals surface area (Å²) in [5, 5.41) is 21.1. The average Bonchev–Trinajstić information content (AvgIpc) is 3.45. The van der Waals surface area contributed by atoms with E-state index in [-0.39, 0.29) is 36.4 Å². The van der Waals surface area contributed by atoms with Crippen molar-refractivity contribution in [1.82, 2.24) is 4.67 Å². The van der Waals surface area contributed by atoms with Crippen molar-refractivity contribution in [3.8, 4) is 17.6 Å². The van der Waals surface area contributed by atoms with Crippen molar-refractivity contribution in [3.63, 3.8) is 0 Å². The Morgan fingerprint density at radius 3 is 1.92 bits per heavy atom. The molecule has 0 saturated carbocycles. The number of rotatable bonds is 21. The summed E-state index contributed by atoms with van der Waals surface area (Å²) in [5.74, 6) is -5.21. The van der Waals surface area contributed by atoms with E-state index in [0.717, 1.165) is 0 Å². The first-order chi connectivity index (χ1) is 28.3. The van der Waals surface area contributed by atoms with Crippen molar-refractivity contribution in [2.45, 2.75) is 82.5 Å². The third-order valence-electron chi connectivity index (χ3n) is 9.82. The lowest BCUT2D eigenvalue weighted by molar-refractivity contribution is -0.386. The molecule has 1 aliphatic heterocycles. The zero-order valence-electron chi connectivity index (χ0n) is 34.1. The molecule has 16 heteroatoms. The van der Waals surface area contributed by atoms with Crippen LogP contribution in [0.2, 0.25) is 0 Å². The predicted molar refractivity (Wildman–Crippen MR) is 216 cm³/mol. The van der Waals surface area contributed by atoms with E-state index in [1.54, 1.807) is 43.2 Å². The molecule has 0 spiro atoms. The van der Waals surface area contributed by atoms with Crippen LogP contribution in [0.4, 0.5) is 14.5 Å². The van der Waals surface area contributed by atoms with Gasteiger partial charge in [0.1, 0.15) is 23.7 Å². The van der Waals surface area contributed by atoms with Crippen LogP contribution < -0.4 is 9.47 Å². The summed E-state index contributed by atoms with van der Waals surface area (Å²) in [6.07, 6.45) is -4.61. The van der Waals surface area contributed by atoms with Crippen LogP contribution in [0, 0.1) is 21.4 Å². The van der Waals surface area contributed by atoms with Crippen molar-refractivity contribution in [2.75, 3.05) is 34.5 Å². The number of nitro benzene ring substituents is 1. The lowest BCUT2D eigenvalue weighted by Crippen LogP contribution is -2.54. The Morgan fingerprint density at radius 2 is 1.41 bits per heavy atom. The van der Waals surface area contributed by atoms with Crippen LogP contribution in [-0.4, -0.2) is 80.3 Å². The second kappa shape index (κ2) is 20.1. The van der Waals surface area contributed by atoms with Gasteiger partial charge in [-0.1, -0.05) is 66.7 Å². The minimum atomic E-state index is -3.97. The number of ether oxygens (including phenoxy) is 6. The highest BCUT2D eigenvalue weighted by molar-refractivity contribution is 7.44. The van der Waals surface area contributed by atoms with E-state index in [1.807, 2.05) is 88.4 Å². The number of methoxy groups -OCH3 is 3. The highest BCUT2D eigenvalue weighted by Gasteiger charge is 2.70. The summed E-state index contributed by atoms with van der Waals surface area (Å²) in [5.41, 5.74) is 0.110. The normalized spacial score (nSPS) is 19.5. The molecule has 4 aromatic rings. The van der Waals surface area contributed by atoms with Gasteiger partial charge in [-0.05, 0) is 74.7 Å². The molecule has 0 amide bonds. The zero-order valence-corrected chi connectivity index (χ0v) is 35.0. The number of para-hydroxylation sites is 1. The van der Waals surface area contributed by atoms with Crippen molar-refractivity contribution in [2.24, 2.45) is 0 Å². The number of hydrogen-bond donors (Lipinski definition) is 0. The molecule has 1 unspecified atom stereocenters. The second-order valence-electron chi connectivity index (χ2n) is 14.2. The van der Waals surface area contributed by atoms with Crippen molar-refractivity contribution in [3.05, 3.63) is 135 Å². The monoisotopic (exact) mass is 837 g/mol. The highest BCUT2D eigenvalue weighted by Crippen LogP contribution is 2.56. The Balaban J connectivity index is 1.67. The molecule has 1 heterocycles. The van der Waals surface area contributed by atoms with Gasteiger partial charge in [-0.2, -0.15) is 14.0 Å². The summed E-state index contributed by atoms with van der Waals surface area (Å²) in [4.78, 5) is 11.2. The molecule has 5 rings (SSSR count). The van der Waals surface area contributed by atoms with E-state index in [0.29, 0.717) is 28.2 Å². The quantitative estimate of drug-likeness (QED) is 0.0260. The molecule has 0 bridgehead atoms. The molecule has 4 atom stereocenters. The minimum Gasteiger partial charge on any atom is -0.497 e. The molecule has 316 valence electrons.